The molecule has 2 aliphatic heterocycles. The molecule has 0 bridgehead atoms. The van der Waals surface area contributed by atoms with E-state index in [4.69, 9.17) is 4.74 Å². The van der Waals surface area contributed by atoms with Crippen molar-refractivity contribution in [2.75, 3.05) is 44.3 Å². The number of anilines is 1. The predicted molar refractivity (Wildman–Crippen MR) is 105 cm³/mol. The highest BCUT2D eigenvalue weighted by atomic mass is 32.2. The molecule has 0 aliphatic carbocycles. The predicted octanol–water partition coefficient (Wildman–Crippen LogP) is 2.70. The molecule has 1 aromatic carbocycles. The Hall–Kier alpha value is -2.12. The fraction of sp³-hybridized carbons (Fsp3) is 0.450. The standard InChI is InChI=1S/C20H24N4O2S/c25-20(23-11-13-26-14-12-23)16-5-4-10-24(15-16)18-19(22-9-8-21-18)27-17-6-2-1-3-7-17/h1-3,6-9,16H,4-5,10-15H2/t16-/m1/s1. The van der Waals surface area contributed by atoms with E-state index in [2.05, 4.69) is 27.0 Å². The van der Waals surface area contributed by atoms with Crippen LogP contribution in [0.15, 0.2) is 52.6 Å². The number of hydrogen-bond donors (Lipinski definition) is 0. The van der Waals surface area contributed by atoms with E-state index in [0.717, 1.165) is 35.1 Å². The summed E-state index contributed by atoms with van der Waals surface area (Å²) in [6, 6.07) is 10.2. The van der Waals surface area contributed by atoms with E-state index >= 15 is 0 Å². The summed E-state index contributed by atoms with van der Waals surface area (Å²) >= 11 is 1.62. The Kier molecular flexibility index (Phi) is 5.89. The molecule has 142 valence electrons. The van der Waals surface area contributed by atoms with Crippen LogP contribution in [0.4, 0.5) is 5.82 Å². The second-order valence-electron chi connectivity index (χ2n) is 6.82. The highest BCUT2D eigenvalue weighted by Gasteiger charge is 2.31. The molecule has 2 aromatic rings. The summed E-state index contributed by atoms with van der Waals surface area (Å²) in [6.07, 6.45) is 5.40. The topological polar surface area (TPSA) is 58.6 Å². The van der Waals surface area contributed by atoms with Gasteiger partial charge in [-0.25, -0.2) is 9.97 Å². The molecule has 0 spiro atoms. The minimum absolute atomic E-state index is 0.0217. The first kappa shape index (κ1) is 18.3. The molecular weight excluding hydrogens is 360 g/mol. The maximum atomic E-state index is 12.9. The van der Waals surface area contributed by atoms with Gasteiger partial charge in [-0.15, -0.1) is 0 Å². The molecule has 0 saturated carbocycles. The number of carbonyl (C=O) groups excluding carboxylic acids is 1. The van der Waals surface area contributed by atoms with Crippen LogP contribution < -0.4 is 4.90 Å². The van der Waals surface area contributed by atoms with Crippen molar-refractivity contribution < 1.29 is 9.53 Å². The molecule has 0 radical (unpaired) electrons. The smallest absolute Gasteiger partial charge is 0.227 e. The maximum absolute atomic E-state index is 12.9. The monoisotopic (exact) mass is 384 g/mol. The van der Waals surface area contributed by atoms with Gasteiger partial charge < -0.3 is 14.5 Å². The highest BCUT2D eigenvalue weighted by Crippen LogP contribution is 2.34. The normalized spacial score (nSPS) is 20.5. The molecule has 1 atom stereocenters. The summed E-state index contributed by atoms with van der Waals surface area (Å²) in [4.78, 5) is 27.4. The minimum atomic E-state index is 0.0217. The summed E-state index contributed by atoms with van der Waals surface area (Å²) in [5.41, 5.74) is 0. The lowest BCUT2D eigenvalue weighted by Gasteiger charge is -2.37. The Bertz CT molecular complexity index is 768. The molecule has 2 fully saturated rings. The van der Waals surface area contributed by atoms with Gasteiger partial charge in [-0.1, -0.05) is 30.0 Å². The van der Waals surface area contributed by atoms with Gasteiger partial charge in [0.05, 0.1) is 19.1 Å². The van der Waals surface area contributed by atoms with E-state index in [1.807, 2.05) is 23.1 Å². The first-order chi connectivity index (χ1) is 13.3. The van der Waals surface area contributed by atoms with E-state index < -0.39 is 0 Å². The minimum Gasteiger partial charge on any atom is -0.378 e. The van der Waals surface area contributed by atoms with E-state index in [9.17, 15) is 4.79 Å². The van der Waals surface area contributed by atoms with Crippen molar-refractivity contribution in [1.82, 2.24) is 14.9 Å². The first-order valence-electron chi connectivity index (χ1n) is 9.46. The Morgan fingerprint density at radius 3 is 2.67 bits per heavy atom. The average molecular weight is 385 g/mol. The zero-order valence-electron chi connectivity index (χ0n) is 15.3. The van der Waals surface area contributed by atoms with Gasteiger partial charge in [0.1, 0.15) is 5.03 Å². The van der Waals surface area contributed by atoms with Crippen molar-refractivity contribution in [3.05, 3.63) is 42.7 Å². The number of amides is 1. The van der Waals surface area contributed by atoms with Gasteiger partial charge in [-0.05, 0) is 25.0 Å². The zero-order valence-corrected chi connectivity index (χ0v) is 16.1. The molecule has 2 saturated heterocycles. The molecule has 0 unspecified atom stereocenters. The molecule has 3 heterocycles. The number of aromatic nitrogens is 2. The maximum Gasteiger partial charge on any atom is 0.227 e. The third kappa shape index (κ3) is 4.42. The molecule has 4 rings (SSSR count). The summed E-state index contributed by atoms with van der Waals surface area (Å²) in [5.74, 6) is 1.16. The van der Waals surface area contributed by atoms with Gasteiger partial charge in [0, 0.05) is 43.5 Å². The fourth-order valence-electron chi connectivity index (χ4n) is 3.62. The number of hydrogen-bond acceptors (Lipinski definition) is 6. The Morgan fingerprint density at radius 2 is 1.85 bits per heavy atom. The second-order valence-corrected chi connectivity index (χ2v) is 7.89. The largest absolute Gasteiger partial charge is 0.378 e. The van der Waals surface area contributed by atoms with E-state index in [1.54, 1.807) is 24.2 Å². The van der Waals surface area contributed by atoms with Gasteiger partial charge in [-0.2, -0.15) is 0 Å². The number of rotatable bonds is 4. The molecule has 6 nitrogen and oxygen atoms in total. The number of morpholine rings is 1. The van der Waals surface area contributed by atoms with Crippen LogP contribution in [0.1, 0.15) is 12.8 Å². The van der Waals surface area contributed by atoms with Crippen molar-refractivity contribution in [3.63, 3.8) is 0 Å². The number of piperidine rings is 1. The van der Waals surface area contributed by atoms with E-state index in [0.29, 0.717) is 32.8 Å². The van der Waals surface area contributed by atoms with Crippen LogP contribution in [0.25, 0.3) is 0 Å². The van der Waals surface area contributed by atoms with Crippen LogP contribution in [-0.4, -0.2) is 60.2 Å². The third-order valence-corrected chi connectivity index (χ3v) is 5.99. The summed E-state index contributed by atoms with van der Waals surface area (Å²) in [5, 5.41) is 0.892. The number of carbonyl (C=O) groups is 1. The van der Waals surface area contributed by atoms with E-state index in [1.165, 1.54) is 0 Å². The zero-order chi connectivity index (χ0) is 18.5. The SMILES string of the molecule is O=C([C@@H]1CCCN(c2nccnc2Sc2ccccc2)C1)N1CCOCC1. The first-order valence-corrected chi connectivity index (χ1v) is 10.3. The quantitative estimate of drug-likeness (QED) is 0.808. The highest BCUT2D eigenvalue weighted by molar-refractivity contribution is 7.99. The summed E-state index contributed by atoms with van der Waals surface area (Å²) < 4.78 is 5.37. The van der Waals surface area contributed by atoms with Crippen molar-refractivity contribution in [1.29, 1.82) is 0 Å². The third-order valence-electron chi connectivity index (χ3n) is 5.00. The molecule has 1 amide bonds. The van der Waals surface area contributed by atoms with Gasteiger partial charge in [0.2, 0.25) is 5.91 Å². The molecule has 0 N–H and O–H groups in total. The summed E-state index contributed by atoms with van der Waals surface area (Å²) in [6.45, 7) is 4.31. The number of nitrogens with zero attached hydrogens (tertiary/aromatic N) is 4. The van der Waals surface area contributed by atoms with Crippen molar-refractivity contribution in [2.45, 2.75) is 22.8 Å². The molecule has 1 aromatic heterocycles. The fourth-order valence-corrected chi connectivity index (χ4v) is 4.52. The lowest BCUT2D eigenvalue weighted by atomic mass is 9.96. The molecule has 27 heavy (non-hydrogen) atoms. The Morgan fingerprint density at radius 1 is 1.07 bits per heavy atom. The van der Waals surface area contributed by atoms with E-state index in [-0.39, 0.29) is 11.8 Å². The molecule has 7 heteroatoms. The summed E-state index contributed by atoms with van der Waals surface area (Å²) in [7, 11) is 0. The molecular formula is C20H24N4O2S. The Balaban J connectivity index is 1.49. The average Bonchev–Trinajstić information content (AvgIpc) is 2.75. The van der Waals surface area contributed by atoms with Crippen LogP contribution >= 0.6 is 11.8 Å². The van der Waals surface area contributed by atoms with Crippen molar-refractivity contribution in [2.24, 2.45) is 5.92 Å². The van der Waals surface area contributed by atoms with Gasteiger partial charge >= 0.3 is 0 Å². The van der Waals surface area contributed by atoms with Crippen LogP contribution in [-0.2, 0) is 9.53 Å². The lowest BCUT2D eigenvalue weighted by Crippen LogP contribution is -2.48. The number of benzene rings is 1. The van der Waals surface area contributed by atoms with Crippen LogP contribution in [0, 0.1) is 5.92 Å². The molecule has 2 aliphatic rings. The van der Waals surface area contributed by atoms with Crippen LogP contribution in [0.2, 0.25) is 0 Å². The van der Waals surface area contributed by atoms with Gasteiger partial charge in [0.25, 0.3) is 0 Å². The van der Waals surface area contributed by atoms with Crippen molar-refractivity contribution >= 4 is 23.5 Å². The van der Waals surface area contributed by atoms with Crippen molar-refractivity contribution in [3.8, 4) is 0 Å². The Labute approximate surface area is 163 Å². The van der Waals surface area contributed by atoms with Crippen LogP contribution in [0.3, 0.4) is 0 Å². The van der Waals surface area contributed by atoms with Gasteiger partial charge in [0.15, 0.2) is 5.82 Å². The lowest BCUT2D eigenvalue weighted by molar-refractivity contribution is -0.139. The van der Waals surface area contributed by atoms with Gasteiger partial charge in [-0.3, -0.25) is 4.79 Å². The second kappa shape index (κ2) is 8.71. The number of ether oxygens (including phenoxy) is 1. The van der Waals surface area contributed by atoms with Crippen LogP contribution in [0.5, 0.6) is 0 Å².